The quantitative estimate of drug-likeness (QED) is 0.134. The van der Waals surface area contributed by atoms with Crippen molar-refractivity contribution in [2.75, 3.05) is 6.61 Å². The number of hydrogen-bond acceptors (Lipinski definition) is 6. The standard InChI is InChI=1S/C32H28N4O4/c1-3-18-39-31(38)35-32(16-17-32)23-12-8-22(9-13-23)29(28-25-6-4-5-7-27(25)40-30(28)37)34-24-14-10-21(11-15-24)26-19-36(2)20-33-26/h3-15,19-20,28H,1,16-18H2,2H3,(H,35,38). The highest BCUT2D eigenvalue weighted by atomic mass is 16.5. The van der Waals surface area contributed by atoms with E-state index in [2.05, 4.69) is 16.9 Å². The lowest BCUT2D eigenvalue weighted by molar-refractivity contribution is -0.132. The summed E-state index contributed by atoms with van der Waals surface area (Å²) in [7, 11) is 1.93. The van der Waals surface area contributed by atoms with Gasteiger partial charge in [0.15, 0.2) is 0 Å². The average molecular weight is 533 g/mol. The molecular weight excluding hydrogens is 504 g/mol. The molecule has 1 aliphatic heterocycles. The second-order valence-electron chi connectivity index (χ2n) is 10.0. The van der Waals surface area contributed by atoms with Crippen LogP contribution in [-0.4, -0.2) is 33.9 Å². The Kier molecular flexibility index (Phi) is 6.51. The SMILES string of the molecule is C=CCOC(=O)NC1(c2ccc(C(=Nc3ccc(-c4cn(C)cn4)cc3)C3C(=O)Oc4ccccc43)cc2)CC1. The molecule has 8 nitrogen and oxygen atoms in total. The number of carbonyl (C=O) groups excluding carboxylic acids is 2. The van der Waals surface area contributed by atoms with Crippen molar-refractivity contribution in [3.63, 3.8) is 0 Å². The zero-order chi connectivity index (χ0) is 27.7. The van der Waals surface area contributed by atoms with Crippen LogP contribution in [0.2, 0.25) is 0 Å². The predicted molar refractivity (Wildman–Crippen MR) is 152 cm³/mol. The summed E-state index contributed by atoms with van der Waals surface area (Å²) in [5.41, 5.74) is 5.25. The third kappa shape index (κ3) is 4.91. The van der Waals surface area contributed by atoms with Crippen molar-refractivity contribution in [3.05, 3.63) is 115 Å². The molecule has 0 spiro atoms. The monoisotopic (exact) mass is 532 g/mol. The molecule has 0 bridgehead atoms. The summed E-state index contributed by atoms with van der Waals surface area (Å²) < 4.78 is 12.6. The van der Waals surface area contributed by atoms with Crippen LogP contribution in [0.3, 0.4) is 0 Å². The third-order valence-electron chi connectivity index (χ3n) is 7.22. The number of para-hydroxylation sites is 1. The van der Waals surface area contributed by atoms with Gasteiger partial charge in [-0.3, -0.25) is 9.79 Å². The molecule has 1 aromatic heterocycles. The highest BCUT2D eigenvalue weighted by Gasteiger charge is 2.46. The van der Waals surface area contributed by atoms with Crippen LogP contribution in [0.5, 0.6) is 5.75 Å². The number of fused-ring (bicyclic) bond motifs is 1. The van der Waals surface area contributed by atoms with Crippen LogP contribution < -0.4 is 10.1 Å². The van der Waals surface area contributed by atoms with Gasteiger partial charge in [0.2, 0.25) is 0 Å². The summed E-state index contributed by atoms with van der Waals surface area (Å²) in [5, 5.41) is 2.98. The number of nitrogens with zero attached hydrogens (tertiary/aromatic N) is 3. The van der Waals surface area contributed by atoms with E-state index in [0.717, 1.165) is 40.8 Å². The average Bonchev–Trinajstić information content (AvgIpc) is 3.48. The molecule has 40 heavy (non-hydrogen) atoms. The number of aryl methyl sites for hydroxylation is 1. The first-order chi connectivity index (χ1) is 19.5. The molecule has 1 unspecified atom stereocenters. The van der Waals surface area contributed by atoms with Crippen molar-refractivity contribution in [1.82, 2.24) is 14.9 Å². The lowest BCUT2D eigenvalue weighted by Crippen LogP contribution is -2.35. The van der Waals surface area contributed by atoms with E-state index in [1.165, 1.54) is 6.08 Å². The van der Waals surface area contributed by atoms with Crippen molar-refractivity contribution < 1.29 is 19.1 Å². The lowest BCUT2D eigenvalue weighted by atomic mass is 9.89. The second kappa shape index (κ2) is 10.3. The van der Waals surface area contributed by atoms with Gasteiger partial charge in [0.25, 0.3) is 0 Å². The van der Waals surface area contributed by atoms with E-state index in [-0.39, 0.29) is 12.6 Å². The van der Waals surface area contributed by atoms with E-state index in [0.29, 0.717) is 17.1 Å². The van der Waals surface area contributed by atoms with Crippen LogP contribution in [0, 0.1) is 0 Å². The zero-order valence-corrected chi connectivity index (χ0v) is 22.0. The fourth-order valence-electron chi connectivity index (χ4n) is 5.01. The molecule has 1 amide bonds. The molecule has 200 valence electrons. The molecule has 0 saturated heterocycles. The van der Waals surface area contributed by atoms with Crippen LogP contribution in [0.1, 0.15) is 35.4 Å². The first kappa shape index (κ1) is 25.3. The first-order valence-corrected chi connectivity index (χ1v) is 13.1. The number of carbonyl (C=O) groups is 2. The minimum Gasteiger partial charge on any atom is -0.445 e. The number of imidazole rings is 1. The van der Waals surface area contributed by atoms with Crippen molar-refractivity contribution in [3.8, 4) is 17.0 Å². The number of nitrogens with one attached hydrogen (secondary N) is 1. The van der Waals surface area contributed by atoms with Crippen LogP contribution in [0.25, 0.3) is 11.3 Å². The van der Waals surface area contributed by atoms with E-state index in [9.17, 15) is 9.59 Å². The number of ether oxygens (including phenoxy) is 2. The fourth-order valence-corrected chi connectivity index (χ4v) is 5.01. The van der Waals surface area contributed by atoms with Gasteiger partial charge in [0.05, 0.1) is 29.0 Å². The molecule has 0 radical (unpaired) electrons. The maximum Gasteiger partial charge on any atom is 0.408 e. The van der Waals surface area contributed by atoms with Gasteiger partial charge in [-0.15, -0.1) is 0 Å². The van der Waals surface area contributed by atoms with Gasteiger partial charge in [0.1, 0.15) is 18.3 Å². The summed E-state index contributed by atoms with van der Waals surface area (Å²) in [6, 6.07) is 23.1. The van der Waals surface area contributed by atoms with Crippen molar-refractivity contribution in [2.45, 2.75) is 24.3 Å². The van der Waals surface area contributed by atoms with Crippen LogP contribution in [-0.2, 0) is 22.1 Å². The van der Waals surface area contributed by atoms with Crippen molar-refractivity contribution in [1.29, 1.82) is 0 Å². The molecule has 8 heteroatoms. The number of hydrogen-bond donors (Lipinski definition) is 1. The Balaban J connectivity index is 1.34. The van der Waals surface area contributed by atoms with E-state index < -0.39 is 17.6 Å². The Morgan fingerprint density at radius 3 is 2.58 bits per heavy atom. The minimum atomic E-state index is -0.667. The Labute approximate surface area is 232 Å². The number of amides is 1. The topological polar surface area (TPSA) is 94.8 Å². The molecule has 3 aromatic carbocycles. The Morgan fingerprint density at radius 1 is 1.15 bits per heavy atom. The number of esters is 1. The fraction of sp³-hybridized carbons (Fsp3) is 0.188. The van der Waals surface area contributed by atoms with Gasteiger partial charge >= 0.3 is 12.1 Å². The summed E-state index contributed by atoms with van der Waals surface area (Å²) in [4.78, 5) is 34.7. The van der Waals surface area contributed by atoms with Gasteiger partial charge in [-0.25, -0.2) is 9.78 Å². The number of alkyl carbamates (subject to hydrolysis) is 1. The van der Waals surface area contributed by atoms with Gasteiger partial charge in [-0.2, -0.15) is 0 Å². The van der Waals surface area contributed by atoms with Crippen molar-refractivity contribution >= 4 is 23.5 Å². The van der Waals surface area contributed by atoms with Gasteiger partial charge in [-0.05, 0) is 42.2 Å². The molecule has 2 aliphatic rings. The number of aromatic nitrogens is 2. The molecule has 1 atom stereocenters. The predicted octanol–water partition coefficient (Wildman–Crippen LogP) is 5.81. The highest BCUT2D eigenvalue weighted by Crippen LogP contribution is 2.46. The van der Waals surface area contributed by atoms with Crippen LogP contribution >= 0.6 is 0 Å². The molecule has 1 fully saturated rings. The number of benzene rings is 3. The summed E-state index contributed by atoms with van der Waals surface area (Å²) in [6.45, 7) is 3.73. The number of rotatable bonds is 8. The molecular formula is C32H28N4O4. The molecule has 4 aromatic rings. The van der Waals surface area contributed by atoms with Gasteiger partial charge in [-0.1, -0.05) is 67.3 Å². The van der Waals surface area contributed by atoms with E-state index in [1.807, 2.05) is 84.5 Å². The van der Waals surface area contributed by atoms with Crippen LogP contribution in [0.4, 0.5) is 10.5 Å². The summed E-state index contributed by atoms with van der Waals surface area (Å²) in [6.07, 6.45) is 6.42. The maximum atomic E-state index is 13.1. The molecule has 1 aliphatic carbocycles. The summed E-state index contributed by atoms with van der Waals surface area (Å²) in [5.74, 6) is -0.481. The largest absolute Gasteiger partial charge is 0.445 e. The van der Waals surface area contributed by atoms with E-state index >= 15 is 0 Å². The third-order valence-corrected chi connectivity index (χ3v) is 7.22. The second-order valence-corrected chi connectivity index (χ2v) is 10.0. The molecule has 1 N–H and O–H groups in total. The Hall–Kier alpha value is -4.98. The van der Waals surface area contributed by atoms with Gasteiger partial charge < -0.3 is 19.4 Å². The molecule has 2 heterocycles. The van der Waals surface area contributed by atoms with E-state index in [4.69, 9.17) is 14.5 Å². The van der Waals surface area contributed by atoms with Gasteiger partial charge in [0, 0.05) is 24.4 Å². The zero-order valence-electron chi connectivity index (χ0n) is 22.0. The molecule has 6 rings (SSSR count). The van der Waals surface area contributed by atoms with Crippen LogP contribution in [0.15, 0.2) is 103 Å². The highest BCUT2D eigenvalue weighted by molar-refractivity contribution is 6.18. The van der Waals surface area contributed by atoms with E-state index in [1.54, 1.807) is 12.4 Å². The summed E-state index contributed by atoms with van der Waals surface area (Å²) >= 11 is 0. The Bertz CT molecular complexity index is 1620. The Morgan fingerprint density at radius 2 is 1.90 bits per heavy atom. The van der Waals surface area contributed by atoms with Crippen molar-refractivity contribution in [2.24, 2.45) is 12.0 Å². The lowest BCUT2D eigenvalue weighted by Gasteiger charge is -2.19. The maximum absolute atomic E-state index is 13.1. The molecule has 1 saturated carbocycles. The minimum absolute atomic E-state index is 0.155. The number of aliphatic imine (C=N–C) groups is 1. The normalized spacial score (nSPS) is 17.1. The first-order valence-electron chi connectivity index (χ1n) is 13.1. The smallest absolute Gasteiger partial charge is 0.408 e.